The Morgan fingerprint density at radius 2 is 1.91 bits per heavy atom. The van der Waals surface area contributed by atoms with Gasteiger partial charge in [0.15, 0.2) is 0 Å². The summed E-state index contributed by atoms with van der Waals surface area (Å²) >= 11 is 4.10. The van der Waals surface area contributed by atoms with Crippen LogP contribution in [0.2, 0.25) is 0 Å². The number of fused-ring (bicyclic) bond motifs is 1. The molecule has 8 heteroatoms. The Balaban J connectivity index is 2.03. The minimum Gasteiger partial charge on any atom is -0.480 e. The van der Waals surface area contributed by atoms with Crippen molar-refractivity contribution in [1.29, 1.82) is 0 Å². The van der Waals surface area contributed by atoms with Gasteiger partial charge in [-0.2, -0.15) is 4.31 Å². The van der Waals surface area contributed by atoms with E-state index in [1.807, 2.05) is 24.3 Å². The van der Waals surface area contributed by atoms with Crippen molar-refractivity contribution in [2.45, 2.75) is 22.6 Å². The third kappa shape index (κ3) is 3.08. The van der Waals surface area contributed by atoms with Crippen molar-refractivity contribution in [2.24, 2.45) is 0 Å². The number of thiol groups is 1. The van der Waals surface area contributed by atoms with E-state index < -0.39 is 22.0 Å². The number of nitrogens with zero attached hydrogens (tertiary/aromatic N) is 1. The highest BCUT2D eigenvalue weighted by atomic mass is 33.1. The third-order valence-electron chi connectivity index (χ3n) is 3.98. The first-order valence-electron chi connectivity index (χ1n) is 6.97. The topological polar surface area (TPSA) is 74.7 Å². The van der Waals surface area contributed by atoms with Gasteiger partial charge in [0.05, 0.1) is 4.90 Å². The maximum absolute atomic E-state index is 12.9. The Morgan fingerprint density at radius 1 is 1.22 bits per heavy atom. The highest BCUT2D eigenvalue weighted by Crippen LogP contribution is 2.34. The molecule has 1 heterocycles. The summed E-state index contributed by atoms with van der Waals surface area (Å²) in [4.78, 5) is 11.5. The molecule has 3 rings (SSSR count). The van der Waals surface area contributed by atoms with Gasteiger partial charge in [0, 0.05) is 11.8 Å². The van der Waals surface area contributed by atoms with Crippen LogP contribution in [-0.2, 0) is 14.8 Å². The summed E-state index contributed by atoms with van der Waals surface area (Å²) in [6.07, 6.45) is 0.260. The lowest BCUT2D eigenvalue weighted by atomic mass is 10.1. The molecule has 2 atom stereocenters. The van der Waals surface area contributed by atoms with E-state index in [9.17, 15) is 18.3 Å². The van der Waals surface area contributed by atoms with Crippen LogP contribution in [0.15, 0.2) is 47.4 Å². The lowest BCUT2D eigenvalue weighted by Gasteiger charge is -2.21. The van der Waals surface area contributed by atoms with Crippen molar-refractivity contribution in [1.82, 2.24) is 4.31 Å². The average Bonchev–Trinajstić information content (AvgIpc) is 3.00. The molecule has 0 spiro atoms. The molecule has 1 aliphatic rings. The molecule has 5 nitrogen and oxygen atoms in total. The Bertz CT molecular complexity index is 853. The largest absolute Gasteiger partial charge is 0.480 e. The van der Waals surface area contributed by atoms with Crippen LogP contribution in [0, 0.1) is 0 Å². The maximum atomic E-state index is 12.9. The molecule has 0 saturated carbocycles. The molecule has 0 amide bonds. The van der Waals surface area contributed by atoms with E-state index in [2.05, 4.69) is 11.7 Å². The Hall–Kier alpha value is -1.22. The first-order valence-corrected chi connectivity index (χ1v) is 10.3. The number of benzene rings is 2. The fourth-order valence-electron chi connectivity index (χ4n) is 2.80. The van der Waals surface area contributed by atoms with Crippen LogP contribution >= 0.6 is 22.5 Å². The number of carboxylic acid groups (broad SMARTS) is 1. The third-order valence-corrected chi connectivity index (χ3v) is 7.38. The zero-order valence-corrected chi connectivity index (χ0v) is 14.5. The number of hydrogen-bond acceptors (Lipinski definition) is 5. The van der Waals surface area contributed by atoms with Crippen LogP contribution in [0.1, 0.15) is 6.42 Å². The van der Waals surface area contributed by atoms with Gasteiger partial charge in [0.2, 0.25) is 10.0 Å². The molecule has 0 unspecified atom stereocenters. The van der Waals surface area contributed by atoms with Gasteiger partial charge in [-0.15, -0.1) is 11.7 Å². The van der Waals surface area contributed by atoms with Gasteiger partial charge in [0.25, 0.3) is 0 Å². The van der Waals surface area contributed by atoms with Gasteiger partial charge in [-0.1, -0.05) is 41.1 Å². The molecule has 1 saturated heterocycles. The molecule has 0 aromatic heterocycles. The van der Waals surface area contributed by atoms with Gasteiger partial charge in [-0.05, 0) is 29.3 Å². The zero-order valence-electron chi connectivity index (χ0n) is 12.0. The molecule has 1 aliphatic heterocycles. The second-order valence-corrected chi connectivity index (χ2v) is 8.80. The van der Waals surface area contributed by atoms with Crippen molar-refractivity contribution >= 4 is 49.2 Å². The van der Waals surface area contributed by atoms with Crippen LogP contribution in [0.25, 0.3) is 10.8 Å². The van der Waals surface area contributed by atoms with Crippen molar-refractivity contribution in [3.05, 3.63) is 42.5 Å². The van der Waals surface area contributed by atoms with E-state index >= 15 is 0 Å². The molecule has 1 N–H and O–H groups in total. The Kier molecular flexibility index (Phi) is 4.59. The summed E-state index contributed by atoms with van der Waals surface area (Å²) in [6.45, 7) is 0.153. The van der Waals surface area contributed by atoms with E-state index in [-0.39, 0.29) is 23.1 Å². The standard InChI is InChI=1S/C15H15NO4S3/c17-15(18)14-8-12(22-21)9-16(14)23(19,20)13-6-5-10-3-1-2-4-11(10)7-13/h1-7,12,14,21H,8-9H2,(H,17,18)/t12-,14+/m1/s1. The van der Waals surface area contributed by atoms with E-state index in [4.69, 9.17) is 0 Å². The molecule has 23 heavy (non-hydrogen) atoms. The molecule has 0 aliphatic carbocycles. The summed E-state index contributed by atoms with van der Waals surface area (Å²) in [5.41, 5.74) is 0. The fraction of sp³-hybridized carbons (Fsp3) is 0.267. The number of aliphatic carboxylic acids is 1. The lowest BCUT2D eigenvalue weighted by molar-refractivity contribution is -0.140. The first-order chi connectivity index (χ1) is 10.9. The molecule has 122 valence electrons. The van der Waals surface area contributed by atoms with E-state index in [1.165, 1.54) is 16.9 Å². The SMILES string of the molecule is O=C(O)[C@@H]1C[C@@H](SS)CN1S(=O)(=O)c1ccc2ccccc2c1. The van der Waals surface area contributed by atoms with Crippen molar-refractivity contribution in [3.63, 3.8) is 0 Å². The predicted molar refractivity (Wildman–Crippen MR) is 94.2 cm³/mol. The minimum absolute atomic E-state index is 0.118. The van der Waals surface area contributed by atoms with Crippen LogP contribution in [0.3, 0.4) is 0 Å². The summed E-state index contributed by atoms with van der Waals surface area (Å²) < 4.78 is 26.8. The van der Waals surface area contributed by atoms with Crippen LogP contribution < -0.4 is 0 Å². The number of hydrogen-bond donors (Lipinski definition) is 2. The van der Waals surface area contributed by atoms with Gasteiger partial charge < -0.3 is 5.11 Å². The number of rotatable bonds is 4. The van der Waals surface area contributed by atoms with Crippen molar-refractivity contribution < 1.29 is 18.3 Å². The van der Waals surface area contributed by atoms with Crippen molar-refractivity contribution in [3.8, 4) is 0 Å². The van der Waals surface area contributed by atoms with Gasteiger partial charge in [-0.3, -0.25) is 4.79 Å². The molecule has 2 aromatic rings. The van der Waals surface area contributed by atoms with Gasteiger partial charge in [0.1, 0.15) is 6.04 Å². The average molecular weight is 369 g/mol. The molecular formula is C15H15NO4S3. The first kappa shape index (κ1) is 16.6. The van der Waals surface area contributed by atoms with E-state index in [1.54, 1.807) is 12.1 Å². The molecule has 0 bridgehead atoms. The fourth-order valence-corrected chi connectivity index (χ4v) is 5.52. The smallest absolute Gasteiger partial charge is 0.322 e. The van der Waals surface area contributed by atoms with Crippen LogP contribution in [-0.4, -0.2) is 41.6 Å². The lowest BCUT2D eigenvalue weighted by Crippen LogP contribution is -2.40. The molecule has 1 fully saturated rings. The summed E-state index contributed by atoms with van der Waals surface area (Å²) in [5, 5.41) is 11.0. The summed E-state index contributed by atoms with van der Waals surface area (Å²) in [5.74, 6) is -1.13. The highest BCUT2D eigenvalue weighted by Gasteiger charge is 2.44. The van der Waals surface area contributed by atoms with Gasteiger partial charge in [-0.25, -0.2) is 8.42 Å². The minimum atomic E-state index is -3.86. The second-order valence-electron chi connectivity index (χ2n) is 5.40. The quantitative estimate of drug-likeness (QED) is 0.640. The molecule has 2 aromatic carbocycles. The monoisotopic (exact) mass is 369 g/mol. The number of sulfonamides is 1. The van der Waals surface area contributed by atoms with Crippen LogP contribution in [0.5, 0.6) is 0 Å². The Labute approximate surface area is 143 Å². The highest BCUT2D eigenvalue weighted by molar-refractivity contribution is 8.68. The molecule has 0 radical (unpaired) electrons. The van der Waals surface area contributed by atoms with Crippen molar-refractivity contribution in [2.75, 3.05) is 6.54 Å². The summed E-state index contributed by atoms with van der Waals surface area (Å²) in [7, 11) is -2.67. The number of carboxylic acids is 1. The predicted octanol–water partition coefficient (Wildman–Crippen LogP) is 2.63. The molecular weight excluding hydrogens is 354 g/mol. The Morgan fingerprint density at radius 3 is 2.57 bits per heavy atom. The van der Waals surface area contributed by atoms with Crippen LogP contribution in [0.4, 0.5) is 0 Å². The second kappa shape index (κ2) is 6.35. The van der Waals surface area contributed by atoms with E-state index in [0.717, 1.165) is 15.1 Å². The van der Waals surface area contributed by atoms with Gasteiger partial charge >= 0.3 is 5.97 Å². The number of carbonyl (C=O) groups is 1. The maximum Gasteiger partial charge on any atom is 0.322 e. The van der Waals surface area contributed by atoms with E-state index in [0.29, 0.717) is 0 Å². The normalized spacial score (nSPS) is 22.5. The zero-order chi connectivity index (χ0) is 16.6. The summed E-state index contributed by atoms with van der Waals surface area (Å²) in [6, 6.07) is 11.3.